The number of hydrogen-bond acceptors (Lipinski definition) is 4. The molecule has 112 valence electrons. The molecule has 0 spiro atoms. The largest absolute Gasteiger partial charge is 0.386 e. The van der Waals surface area contributed by atoms with Crippen LogP contribution in [-0.4, -0.2) is 36.1 Å². The van der Waals surface area contributed by atoms with Crippen LogP contribution in [0.5, 0.6) is 0 Å². The van der Waals surface area contributed by atoms with E-state index >= 15 is 0 Å². The minimum absolute atomic E-state index is 0.304. The van der Waals surface area contributed by atoms with Gasteiger partial charge in [-0.1, -0.05) is 12.1 Å². The van der Waals surface area contributed by atoms with Gasteiger partial charge in [-0.3, -0.25) is 9.98 Å². The third kappa shape index (κ3) is 2.71. The number of aliphatic hydroxyl groups excluding tert-OH is 1. The molecule has 22 heavy (non-hydrogen) atoms. The van der Waals surface area contributed by atoms with Gasteiger partial charge in [0.05, 0.1) is 13.2 Å². The summed E-state index contributed by atoms with van der Waals surface area (Å²) in [5.74, 6) is 0. The first-order valence-corrected chi connectivity index (χ1v) is 7.16. The summed E-state index contributed by atoms with van der Waals surface area (Å²) >= 11 is 0. The normalized spacial score (nSPS) is 19.5. The topological polar surface area (TPSA) is 54.7 Å². The summed E-state index contributed by atoms with van der Waals surface area (Å²) in [6.45, 7) is 6.36. The molecule has 0 saturated heterocycles. The highest BCUT2D eigenvalue weighted by molar-refractivity contribution is 5.89. The molecule has 1 aromatic heterocycles. The smallest absolute Gasteiger partial charge is 0.103 e. The van der Waals surface area contributed by atoms with Crippen molar-refractivity contribution in [2.75, 3.05) is 13.2 Å². The lowest BCUT2D eigenvalue weighted by atomic mass is 9.89. The van der Waals surface area contributed by atoms with Crippen LogP contribution in [0.4, 0.5) is 0 Å². The zero-order valence-corrected chi connectivity index (χ0v) is 12.5. The van der Waals surface area contributed by atoms with Crippen LogP contribution in [0.2, 0.25) is 0 Å². The number of hydrogen-bond donors (Lipinski definition) is 1. The van der Waals surface area contributed by atoms with E-state index in [9.17, 15) is 5.11 Å². The Labute approximate surface area is 129 Å². The van der Waals surface area contributed by atoms with E-state index in [-0.39, 0.29) is 0 Å². The number of rotatable bonds is 3. The molecule has 0 saturated carbocycles. The third-order valence-electron chi connectivity index (χ3n) is 3.85. The Bertz CT molecular complexity index is 778. The standard InChI is InChI=1S/C18H18N2O2/c1-12-10-22-11-17(21)18(12)16(9-19-2)14-3-4-15-8-20-6-5-13(15)7-14/h3-9,17,21H,2,10-11H2,1H3/b16-9-. The van der Waals surface area contributed by atoms with Crippen molar-refractivity contribution in [3.63, 3.8) is 0 Å². The number of fused-ring (bicyclic) bond motifs is 1. The first kappa shape index (κ1) is 14.6. The molecule has 1 unspecified atom stereocenters. The predicted octanol–water partition coefficient (Wildman–Crippen LogP) is 2.98. The second kappa shape index (κ2) is 6.22. The maximum Gasteiger partial charge on any atom is 0.103 e. The van der Waals surface area contributed by atoms with Crippen LogP contribution in [-0.2, 0) is 4.74 Å². The maximum absolute atomic E-state index is 10.3. The summed E-state index contributed by atoms with van der Waals surface area (Å²) in [6, 6.07) is 8.09. The monoisotopic (exact) mass is 294 g/mol. The van der Waals surface area contributed by atoms with Crippen LogP contribution in [0.25, 0.3) is 16.3 Å². The van der Waals surface area contributed by atoms with Crippen LogP contribution >= 0.6 is 0 Å². The van der Waals surface area contributed by atoms with Gasteiger partial charge in [0.2, 0.25) is 0 Å². The molecule has 1 aliphatic heterocycles. The minimum Gasteiger partial charge on any atom is -0.386 e. The van der Waals surface area contributed by atoms with Crippen molar-refractivity contribution in [1.82, 2.24) is 4.98 Å². The summed E-state index contributed by atoms with van der Waals surface area (Å²) in [6.07, 6.45) is 4.67. The van der Waals surface area contributed by atoms with E-state index in [1.165, 1.54) is 0 Å². The van der Waals surface area contributed by atoms with Crippen molar-refractivity contribution in [1.29, 1.82) is 0 Å². The van der Waals surface area contributed by atoms with Crippen LogP contribution in [0.15, 0.2) is 59.0 Å². The lowest BCUT2D eigenvalue weighted by molar-refractivity contribution is 0.0527. The molecule has 2 heterocycles. The highest BCUT2D eigenvalue weighted by Gasteiger charge is 2.23. The van der Waals surface area contributed by atoms with E-state index in [4.69, 9.17) is 4.74 Å². The number of pyridine rings is 1. The van der Waals surface area contributed by atoms with Gasteiger partial charge < -0.3 is 9.84 Å². The molecule has 1 aromatic carbocycles. The minimum atomic E-state index is -0.644. The van der Waals surface area contributed by atoms with Crippen molar-refractivity contribution in [2.45, 2.75) is 13.0 Å². The van der Waals surface area contributed by atoms with Gasteiger partial charge in [-0.05, 0) is 47.9 Å². The molecular formula is C18H18N2O2. The molecule has 0 aliphatic carbocycles. The summed E-state index contributed by atoms with van der Waals surface area (Å²) in [5.41, 5.74) is 3.79. The van der Waals surface area contributed by atoms with Crippen LogP contribution in [0, 0.1) is 0 Å². The number of aliphatic hydroxyl groups is 1. The van der Waals surface area contributed by atoms with Crippen molar-refractivity contribution >= 4 is 23.1 Å². The van der Waals surface area contributed by atoms with Crippen molar-refractivity contribution in [3.05, 3.63) is 59.6 Å². The summed E-state index contributed by atoms with van der Waals surface area (Å²) in [4.78, 5) is 8.05. The molecule has 1 aliphatic rings. The fourth-order valence-corrected chi connectivity index (χ4v) is 2.82. The van der Waals surface area contributed by atoms with Gasteiger partial charge in [0.1, 0.15) is 6.10 Å². The fraction of sp³-hybridized carbons (Fsp3) is 0.222. The molecule has 0 bridgehead atoms. The molecule has 3 rings (SSSR count). The first-order chi connectivity index (χ1) is 10.7. The Morgan fingerprint density at radius 3 is 3.05 bits per heavy atom. The molecule has 0 fully saturated rings. The molecule has 0 amide bonds. The highest BCUT2D eigenvalue weighted by Crippen LogP contribution is 2.32. The first-order valence-electron chi connectivity index (χ1n) is 7.16. The Hall–Kier alpha value is -2.30. The quantitative estimate of drug-likeness (QED) is 0.885. The lowest BCUT2D eigenvalue weighted by Crippen LogP contribution is -2.26. The fourth-order valence-electron chi connectivity index (χ4n) is 2.82. The number of aromatic nitrogens is 1. The molecule has 0 radical (unpaired) electrons. The molecular weight excluding hydrogens is 276 g/mol. The Kier molecular flexibility index (Phi) is 4.13. The van der Waals surface area contributed by atoms with E-state index in [0.29, 0.717) is 13.2 Å². The van der Waals surface area contributed by atoms with E-state index in [1.54, 1.807) is 12.4 Å². The number of ether oxygens (including phenoxy) is 1. The second-order valence-electron chi connectivity index (χ2n) is 5.39. The molecule has 1 N–H and O–H groups in total. The molecule has 4 nitrogen and oxygen atoms in total. The van der Waals surface area contributed by atoms with E-state index in [2.05, 4.69) is 22.8 Å². The average molecular weight is 294 g/mol. The SMILES string of the molecule is C=N/C=C(\C1=C(C)COCC1O)c1ccc2cnccc2c1. The second-order valence-corrected chi connectivity index (χ2v) is 5.39. The van der Waals surface area contributed by atoms with Gasteiger partial charge in [0, 0.05) is 29.6 Å². The van der Waals surface area contributed by atoms with Gasteiger partial charge in [-0.25, -0.2) is 0 Å². The van der Waals surface area contributed by atoms with Gasteiger partial charge in [-0.2, -0.15) is 0 Å². The Balaban J connectivity index is 2.14. The lowest BCUT2D eigenvalue weighted by Gasteiger charge is -2.25. The van der Waals surface area contributed by atoms with E-state index < -0.39 is 6.10 Å². The van der Waals surface area contributed by atoms with Gasteiger partial charge in [0.25, 0.3) is 0 Å². The average Bonchev–Trinajstić information content (AvgIpc) is 2.53. The summed E-state index contributed by atoms with van der Waals surface area (Å²) < 4.78 is 5.37. The van der Waals surface area contributed by atoms with Crippen LogP contribution in [0.3, 0.4) is 0 Å². The molecule has 2 aromatic rings. The number of benzene rings is 1. The van der Waals surface area contributed by atoms with Crippen LogP contribution in [0.1, 0.15) is 12.5 Å². The van der Waals surface area contributed by atoms with Crippen molar-refractivity contribution < 1.29 is 9.84 Å². The van der Waals surface area contributed by atoms with E-state index in [0.717, 1.165) is 33.1 Å². The molecule has 4 heteroatoms. The van der Waals surface area contributed by atoms with Crippen LogP contribution < -0.4 is 0 Å². The van der Waals surface area contributed by atoms with E-state index in [1.807, 2.05) is 31.3 Å². The van der Waals surface area contributed by atoms with Gasteiger partial charge >= 0.3 is 0 Å². The highest BCUT2D eigenvalue weighted by atomic mass is 16.5. The number of nitrogens with zero attached hydrogens (tertiary/aromatic N) is 2. The predicted molar refractivity (Wildman–Crippen MR) is 88.8 cm³/mol. The zero-order chi connectivity index (χ0) is 15.5. The van der Waals surface area contributed by atoms with Crippen molar-refractivity contribution in [3.8, 4) is 0 Å². The maximum atomic E-state index is 10.3. The summed E-state index contributed by atoms with van der Waals surface area (Å²) in [7, 11) is 0. The summed E-state index contributed by atoms with van der Waals surface area (Å²) in [5, 5.41) is 12.5. The molecule has 1 atom stereocenters. The zero-order valence-electron chi connectivity index (χ0n) is 12.5. The van der Waals surface area contributed by atoms with Crippen molar-refractivity contribution in [2.24, 2.45) is 4.99 Å². The number of aliphatic imine (C=N–C) groups is 1. The Morgan fingerprint density at radius 1 is 1.41 bits per heavy atom. The Morgan fingerprint density at radius 2 is 2.27 bits per heavy atom. The van der Waals surface area contributed by atoms with Gasteiger partial charge in [0.15, 0.2) is 0 Å². The van der Waals surface area contributed by atoms with Gasteiger partial charge in [-0.15, -0.1) is 0 Å². The third-order valence-corrected chi connectivity index (χ3v) is 3.85.